The molecule has 0 bridgehead atoms. The quantitative estimate of drug-likeness (QED) is 0.560. The Balaban J connectivity index is 1.63. The molecule has 0 saturated carbocycles. The van der Waals surface area contributed by atoms with Gasteiger partial charge in [-0.15, -0.1) is 0 Å². The number of nitrogens with one attached hydrogen (secondary N) is 2. The zero-order chi connectivity index (χ0) is 16.5. The number of carbonyl (C=O) groups excluding carboxylic acids is 1. The Kier molecular flexibility index (Phi) is 3.54. The van der Waals surface area contributed by atoms with Crippen LogP contribution in [0.15, 0.2) is 72.8 Å². The second-order valence-electron chi connectivity index (χ2n) is 6.03. The highest BCUT2D eigenvalue weighted by Gasteiger charge is 2.15. The minimum absolute atomic E-state index is 0.0741. The van der Waals surface area contributed by atoms with Crippen molar-refractivity contribution in [2.45, 2.75) is 13.0 Å². The van der Waals surface area contributed by atoms with E-state index in [9.17, 15) is 4.79 Å². The minimum Gasteiger partial charge on any atom is -0.351 e. The second-order valence-corrected chi connectivity index (χ2v) is 6.03. The number of para-hydroxylation sites is 1. The van der Waals surface area contributed by atoms with Crippen LogP contribution in [0.5, 0.6) is 0 Å². The summed E-state index contributed by atoms with van der Waals surface area (Å²) >= 11 is 0. The molecule has 0 spiro atoms. The number of amides is 1. The van der Waals surface area contributed by atoms with Crippen LogP contribution in [-0.2, 0) is 0 Å². The number of aromatic amines is 1. The van der Waals surface area contributed by atoms with Gasteiger partial charge >= 0.3 is 0 Å². The number of fused-ring (bicyclic) bond motifs is 2. The van der Waals surface area contributed by atoms with Crippen LogP contribution in [0.4, 0.5) is 0 Å². The van der Waals surface area contributed by atoms with Crippen molar-refractivity contribution < 1.29 is 4.79 Å². The Morgan fingerprint density at radius 3 is 2.46 bits per heavy atom. The van der Waals surface area contributed by atoms with Crippen molar-refractivity contribution in [1.29, 1.82) is 0 Å². The molecule has 0 unspecified atom stereocenters. The largest absolute Gasteiger partial charge is 0.351 e. The first-order valence-corrected chi connectivity index (χ1v) is 8.08. The standard InChI is InChI=1S/C21H18N2O/c1-14(17-11-6-9-15-7-2-4-10-18(15)17)22-21(24)20-13-16-8-3-5-12-19(16)23-20/h2-14,23H,1H3,(H,22,24)/t14-/m0/s1. The van der Waals surface area contributed by atoms with Crippen LogP contribution >= 0.6 is 0 Å². The van der Waals surface area contributed by atoms with Gasteiger partial charge in [0.25, 0.3) is 5.91 Å². The van der Waals surface area contributed by atoms with E-state index in [-0.39, 0.29) is 11.9 Å². The molecule has 3 heteroatoms. The van der Waals surface area contributed by atoms with Gasteiger partial charge in [-0.3, -0.25) is 4.79 Å². The van der Waals surface area contributed by atoms with Crippen molar-refractivity contribution in [3.05, 3.63) is 84.1 Å². The molecule has 4 aromatic rings. The summed E-state index contributed by atoms with van der Waals surface area (Å²) in [6.07, 6.45) is 0. The lowest BCUT2D eigenvalue weighted by Gasteiger charge is -2.16. The van der Waals surface area contributed by atoms with Gasteiger partial charge in [-0.1, -0.05) is 60.7 Å². The SMILES string of the molecule is C[C@H](NC(=O)c1cc2ccccc2[nH]1)c1cccc2ccccc12. The third-order valence-corrected chi connectivity index (χ3v) is 4.41. The van der Waals surface area contributed by atoms with Crippen molar-refractivity contribution >= 4 is 27.6 Å². The van der Waals surface area contributed by atoms with E-state index >= 15 is 0 Å². The van der Waals surface area contributed by atoms with Crippen molar-refractivity contribution in [1.82, 2.24) is 10.3 Å². The Bertz CT molecular complexity index is 994. The molecule has 4 rings (SSSR count). The molecule has 0 saturated heterocycles. The van der Waals surface area contributed by atoms with E-state index in [4.69, 9.17) is 0 Å². The van der Waals surface area contributed by atoms with Gasteiger partial charge in [0.15, 0.2) is 0 Å². The lowest BCUT2D eigenvalue weighted by atomic mass is 9.99. The highest BCUT2D eigenvalue weighted by molar-refractivity contribution is 5.98. The van der Waals surface area contributed by atoms with Crippen molar-refractivity contribution in [3.8, 4) is 0 Å². The summed E-state index contributed by atoms with van der Waals surface area (Å²) in [5, 5.41) is 6.49. The van der Waals surface area contributed by atoms with Crippen LogP contribution in [0.3, 0.4) is 0 Å². The van der Waals surface area contributed by atoms with E-state index in [0.717, 1.165) is 16.5 Å². The van der Waals surface area contributed by atoms with Gasteiger partial charge in [0, 0.05) is 10.9 Å². The number of aromatic nitrogens is 1. The molecule has 0 aliphatic rings. The third-order valence-electron chi connectivity index (χ3n) is 4.41. The number of carbonyl (C=O) groups is 1. The summed E-state index contributed by atoms with van der Waals surface area (Å²) in [7, 11) is 0. The molecule has 0 fully saturated rings. The third kappa shape index (κ3) is 2.54. The summed E-state index contributed by atoms with van der Waals surface area (Å²) in [6.45, 7) is 2.02. The van der Waals surface area contributed by atoms with E-state index in [2.05, 4.69) is 34.6 Å². The zero-order valence-corrected chi connectivity index (χ0v) is 13.4. The topological polar surface area (TPSA) is 44.9 Å². The van der Waals surface area contributed by atoms with E-state index in [1.54, 1.807) is 0 Å². The predicted molar refractivity (Wildman–Crippen MR) is 98.1 cm³/mol. The molecule has 118 valence electrons. The number of hydrogen-bond donors (Lipinski definition) is 2. The lowest BCUT2D eigenvalue weighted by molar-refractivity contribution is 0.0936. The normalized spacial score (nSPS) is 12.4. The molecule has 1 amide bonds. The van der Waals surface area contributed by atoms with Crippen LogP contribution in [0.25, 0.3) is 21.7 Å². The molecule has 24 heavy (non-hydrogen) atoms. The molecule has 0 radical (unpaired) electrons. The molecule has 1 aromatic heterocycles. The van der Waals surface area contributed by atoms with Gasteiger partial charge in [-0.05, 0) is 35.4 Å². The zero-order valence-electron chi connectivity index (χ0n) is 13.4. The van der Waals surface area contributed by atoms with Gasteiger partial charge in [0.05, 0.1) is 6.04 Å². The summed E-state index contributed by atoms with van der Waals surface area (Å²) < 4.78 is 0. The van der Waals surface area contributed by atoms with Crippen LogP contribution in [-0.4, -0.2) is 10.9 Å². The Labute approximate surface area is 140 Å². The Morgan fingerprint density at radius 1 is 0.917 bits per heavy atom. The summed E-state index contributed by atoms with van der Waals surface area (Å²) in [6, 6.07) is 24.1. The maximum atomic E-state index is 12.6. The van der Waals surface area contributed by atoms with Crippen molar-refractivity contribution in [2.24, 2.45) is 0 Å². The van der Waals surface area contributed by atoms with E-state index < -0.39 is 0 Å². The Hall–Kier alpha value is -3.07. The van der Waals surface area contributed by atoms with Gasteiger partial charge in [0.1, 0.15) is 5.69 Å². The fraction of sp³-hybridized carbons (Fsp3) is 0.0952. The minimum atomic E-state index is -0.0911. The first kappa shape index (κ1) is 14.5. The van der Waals surface area contributed by atoms with Crippen LogP contribution in [0.1, 0.15) is 29.0 Å². The first-order chi connectivity index (χ1) is 11.7. The average molecular weight is 314 g/mol. The lowest BCUT2D eigenvalue weighted by Crippen LogP contribution is -2.27. The number of hydrogen-bond acceptors (Lipinski definition) is 1. The van der Waals surface area contributed by atoms with Crippen LogP contribution in [0, 0.1) is 0 Å². The Morgan fingerprint density at radius 2 is 1.62 bits per heavy atom. The smallest absolute Gasteiger partial charge is 0.268 e. The van der Waals surface area contributed by atoms with Gasteiger partial charge in [-0.25, -0.2) is 0 Å². The van der Waals surface area contributed by atoms with Crippen LogP contribution in [0.2, 0.25) is 0 Å². The fourth-order valence-corrected chi connectivity index (χ4v) is 3.18. The van der Waals surface area contributed by atoms with Crippen molar-refractivity contribution in [3.63, 3.8) is 0 Å². The van der Waals surface area contributed by atoms with Crippen LogP contribution < -0.4 is 5.32 Å². The van der Waals surface area contributed by atoms with E-state index in [1.807, 2.05) is 55.5 Å². The number of rotatable bonds is 3. The summed E-state index contributed by atoms with van der Waals surface area (Å²) in [5.74, 6) is -0.0911. The van der Waals surface area contributed by atoms with Gasteiger partial charge in [-0.2, -0.15) is 0 Å². The molecular weight excluding hydrogens is 296 g/mol. The maximum Gasteiger partial charge on any atom is 0.268 e. The highest BCUT2D eigenvalue weighted by Crippen LogP contribution is 2.24. The van der Waals surface area contributed by atoms with E-state index in [0.29, 0.717) is 5.69 Å². The van der Waals surface area contributed by atoms with Gasteiger partial charge < -0.3 is 10.3 Å². The summed E-state index contributed by atoms with van der Waals surface area (Å²) in [5.41, 5.74) is 2.68. The molecule has 1 atom stereocenters. The molecule has 3 aromatic carbocycles. The highest BCUT2D eigenvalue weighted by atomic mass is 16.1. The van der Waals surface area contributed by atoms with E-state index in [1.165, 1.54) is 10.8 Å². The average Bonchev–Trinajstić information content (AvgIpc) is 3.05. The van der Waals surface area contributed by atoms with Crippen molar-refractivity contribution in [2.75, 3.05) is 0 Å². The molecule has 1 heterocycles. The fourth-order valence-electron chi connectivity index (χ4n) is 3.18. The predicted octanol–water partition coefficient (Wildman–Crippen LogP) is 4.81. The molecule has 3 nitrogen and oxygen atoms in total. The first-order valence-electron chi connectivity index (χ1n) is 8.08. The number of H-pyrrole nitrogens is 1. The maximum absolute atomic E-state index is 12.6. The second kappa shape index (κ2) is 5.85. The van der Waals surface area contributed by atoms with Gasteiger partial charge in [0.2, 0.25) is 0 Å². The molecule has 0 aliphatic heterocycles. The number of benzene rings is 3. The monoisotopic (exact) mass is 314 g/mol. The summed E-state index contributed by atoms with van der Waals surface area (Å²) in [4.78, 5) is 15.8. The molecular formula is C21H18N2O. The molecule has 2 N–H and O–H groups in total. The molecule has 0 aliphatic carbocycles.